The van der Waals surface area contributed by atoms with E-state index in [-0.39, 0.29) is 33.6 Å². The molecule has 1 fully saturated rings. The smallest absolute Gasteiger partial charge is 0.364 e. The average molecular weight is 614 g/mol. The molecule has 0 bridgehead atoms. The van der Waals surface area contributed by atoms with Gasteiger partial charge in [0.05, 0.1) is 21.2 Å². The molecule has 0 spiro atoms. The molecule has 2 heterocycles. The third kappa shape index (κ3) is 7.81. The molecule has 5 nitrogen and oxygen atoms in total. The predicted molar refractivity (Wildman–Crippen MR) is 154 cm³/mol. The van der Waals surface area contributed by atoms with Crippen molar-refractivity contribution in [3.05, 3.63) is 92.7 Å². The minimum absolute atomic E-state index is 0.148. The van der Waals surface area contributed by atoms with Gasteiger partial charge in [-0.15, -0.1) is 0 Å². The Hall–Kier alpha value is -2.52. The minimum Gasteiger partial charge on any atom is -0.364 e. The molecule has 1 N–H and O–H groups in total. The Bertz CT molecular complexity index is 1280. The van der Waals surface area contributed by atoms with Crippen LogP contribution in [0.1, 0.15) is 47.7 Å². The molecule has 11 heteroatoms. The number of carbonyl (C=O) groups excluding carboxylic acids is 1. The summed E-state index contributed by atoms with van der Waals surface area (Å²) in [5.41, 5.74) is 1.29. The van der Waals surface area contributed by atoms with E-state index in [2.05, 4.69) is 27.0 Å². The largest absolute Gasteiger partial charge is 0.416 e. The van der Waals surface area contributed by atoms with Crippen molar-refractivity contribution < 1.29 is 18.0 Å². The molecular weight excluding hydrogens is 584 g/mol. The second-order valence-electron chi connectivity index (χ2n) is 9.94. The van der Waals surface area contributed by atoms with E-state index in [0.29, 0.717) is 18.1 Å². The van der Waals surface area contributed by atoms with Crippen LogP contribution in [0.3, 0.4) is 0 Å². The van der Waals surface area contributed by atoms with Crippen molar-refractivity contribution in [1.29, 1.82) is 0 Å². The number of hydrogen-bond donors (Lipinski definition) is 1. The van der Waals surface area contributed by atoms with Crippen LogP contribution in [0.25, 0.3) is 0 Å². The number of aromatic nitrogens is 1. The molecule has 1 unspecified atom stereocenters. The van der Waals surface area contributed by atoms with Crippen LogP contribution in [0.4, 0.5) is 18.9 Å². The molecule has 1 aliphatic heterocycles. The van der Waals surface area contributed by atoms with Gasteiger partial charge in [-0.25, -0.2) is 0 Å². The Morgan fingerprint density at radius 3 is 2.33 bits per heavy atom. The van der Waals surface area contributed by atoms with Crippen molar-refractivity contribution in [3.8, 4) is 0 Å². The van der Waals surface area contributed by atoms with Crippen molar-refractivity contribution in [2.75, 3.05) is 24.5 Å². The lowest BCUT2D eigenvalue weighted by molar-refractivity contribution is -0.137. The van der Waals surface area contributed by atoms with Crippen molar-refractivity contribution in [2.24, 2.45) is 0 Å². The number of carbonyl (C=O) groups is 1. The molecule has 214 valence electrons. The number of nitrogens with zero attached hydrogens (tertiary/aromatic N) is 3. The summed E-state index contributed by atoms with van der Waals surface area (Å²) >= 11 is 18.4. The molecule has 0 radical (unpaired) electrons. The fourth-order valence-corrected chi connectivity index (χ4v) is 5.79. The maximum atomic E-state index is 13.2. The molecule has 0 saturated carbocycles. The van der Waals surface area contributed by atoms with E-state index in [1.807, 2.05) is 18.2 Å². The summed E-state index contributed by atoms with van der Waals surface area (Å²) in [7, 11) is 0. The summed E-state index contributed by atoms with van der Waals surface area (Å²) in [6, 6.07) is 13.3. The number of benzene rings is 2. The van der Waals surface area contributed by atoms with Crippen LogP contribution in [0.15, 0.2) is 60.9 Å². The van der Waals surface area contributed by atoms with Gasteiger partial charge in [0.15, 0.2) is 0 Å². The fourth-order valence-electron chi connectivity index (χ4n) is 5.04. The predicted octanol–water partition coefficient (Wildman–Crippen LogP) is 7.74. The quantitative estimate of drug-likeness (QED) is 0.268. The molecule has 1 aromatic heterocycles. The number of piperidine rings is 1. The highest BCUT2D eigenvalue weighted by Crippen LogP contribution is 2.33. The van der Waals surface area contributed by atoms with Gasteiger partial charge in [0, 0.05) is 61.4 Å². The molecule has 40 heavy (non-hydrogen) atoms. The molecule has 1 aliphatic rings. The molecule has 4 rings (SSSR count). The topological polar surface area (TPSA) is 48.5 Å². The first-order valence-electron chi connectivity index (χ1n) is 13.0. The number of nitrogens with one attached hydrogen (secondary N) is 1. The van der Waals surface area contributed by atoms with Crippen LogP contribution < -0.4 is 10.2 Å². The summed E-state index contributed by atoms with van der Waals surface area (Å²) in [5.74, 6) is -0.337. The highest BCUT2D eigenvalue weighted by Gasteiger charge is 2.31. The van der Waals surface area contributed by atoms with Crippen LogP contribution in [-0.4, -0.2) is 47.5 Å². The maximum Gasteiger partial charge on any atom is 0.416 e. The van der Waals surface area contributed by atoms with Gasteiger partial charge in [0.25, 0.3) is 5.91 Å². The van der Waals surface area contributed by atoms with Gasteiger partial charge >= 0.3 is 6.18 Å². The number of halogens is 6. The van der Waals surface area contributed by atoms with E-state index >= 15 is 0 Å². The number of hydrogen-bond acceptors (Lipinski definition) is 4. The molecule has 1 saturated heterocycles. The summed E-state index contributed by atoms with van der Waals surface area (Å²) in [4.78, 5) is 21.0. The second kappa shape index (κ2) is 13.4. The minimum atomic E-state index is -4.38. The Balaban J connectivity index is 1.37. The van der Waals surface area contributed by atoms with Gasteiger partial charge in [-0.2, -0.15) is 13.2 Å². The van der Waals surface area contributed by atoms with Crippen molar-refractivity contribution >= 4 is 46.4 Å². The standard InChI is InChI=1S/C29H30Cl3F3N4O/c1-19(9-12-37-28(40)27-25(31)16-36-17-26(27)32)38-13-10-24(11-14-38)39(18-20-3-2-4-22(30)15-20)23-7-5-21(6-8-23)29(33,34)35/h2-8,15-17,19,24H,9-14,18H2,1H3,(H,37,40). The van der Waals surface area contributed by atoms with Gasteiger partial charge < -0.3 is 15.1 Å². The van der Waals surface area contributed by atoms with Crippen molar-refractivity contribution in [3.63, 3.8) is 0 Å². The van der Waals surface area contributed by atoms with E-state index in [0.717, 1.165) is 55.7 Å². The number of amides is 1. The molecule has 1 amide bonds. The lowest BCUT2D eigenvalue weighted by Gasteiger charge is -2.42. The number of anilines is 1. The van der Waals surface area contributed by atoms with E-state index in [4.69, 9.17) is 34.8 Å². The SMILES string of the molecule is CC(CCNC(=O)c1c(Cl)cncc1Cl)N1CCC(N(Cc2cccc(Cl)c2)c2ccc(C(F)(F)F)cc2)CC1. The Morgan fingerprint density at radius 2 is 1.73 bits per heavy atom. The monoisotopic (exact) mass is 612 g/mol. The molecule has 0 aliphatic carbocycles. The third-order valence-electron chi connectivity index (χ3n) is 7.26. The molecule has 2 aromatic carbocycles. The van der Waals surface area contributed by atoms with E-state index in [1.165, 1.54) is 12.4 Å². The molecule has 1 atom stereocenters. The summed E-state index contributed by atoms with van der Waals surface area (Å²) < 4.78 is 39.5. The zero-order chi connectivity index (χ0) is 28.9. The van der Waals surface area contributed by atoms with Gasteiger partial charge in [0.2, 0.25) is 0 Å². The fraction of sp³-hybridized carbons (Fsp3) is 0.379. The Morgan fingerprint density at radius 1 is 1.07 bits per heavy atom. The van der Waals surface area contributed by atoms with Crippen LogP contribution in [0.2, 0.25) is 15.1 Å². The first-order valence-corrected chi connectivity index (χ1v) is 14.2. The lowest BCUT2D eigenvalue weighted by atomic mass is 9.99. The second-order valence-corrected chi connectivity index (χ2v) is 11.2. The summed E-state index contributed by atoms with van der Waals surface area (Å²) in [5, 5.41) is 3.91. The first kappa shape index (κ1) is 30.4. The highest BCUT2D eigenvalue weighted by atomic mass is 35.5. The van der Waals surface area contributed by atoms with Crippen LogP contribution in [0, 0.1) is 0 Å². The normalized spacial score (nSPS) is 15.6. The number of alkyl halides is 3. The van der Waals surface area contributed by atoms with Crippen molar-refractivity contribution in [1.82, 2.24) is 15.2 Å². The van der Waals surface area contributed by atoms with Gasteiger partial charge in [-0.1, -0.05) is 46.9 Å². The molecular formula is C29H30Cl3F3N4O. The Kier molecular flexibility index (Phi) is 10.2. The van der Waals surface area contributed by atoms with Gasteiger partial charge in [-0.3, -0.25) is 9.78 Å². The van der Waals surface area contributed by atoms with E-state index < -0.39 is 11.7 Å². The summed E-state index contributed by atoms with van der Waals surface area (Å²) in [6.07, 6.45) is 0.821. The van der Waals surface area contributed by atoms with Crippen LogP contribution in [0.5, 0.6) is 0 Å². The lowest BCUT2D eigenvalue weighted by Crippen LogP contribution is -2.48. The highest BCUT2D eigenvalue weighted by molar-refractivity contribution is 6.39. The first-order chi connectivity index (χ1) is 19.0. The third-order valence-corrected chi connectivity index (χ3v) is 8.07. The van der Waals surface area contributed by atoms with E-state index in [1.54, 1.807) is 18.2 Å². The van der Waals surface area contributed by atoms with Gasteiger partial charge in [0.1, 0.15) is 0 Å². The zero-order valence-electron chi connectivity index (χ0n) is 21.9. The number of likely N-dealkylation sites (tertiary alicyclic amines) is 1. The van der Waals surface area contributed by atoms with Crippen LogP contribution >= 0.6 is 34.8 Å². The van der Waals surface area contributed by atoms with Crippen LogP contribution in [-0.2, 0) is 12.7 Å². The Labute approximate surface area is 247 Å². The zero-order valence-corrected chi connectivity index (χ0v) is 24.2. The molecule has 3 aromatic rings. The average Bonchev–Trinajstić information content (AvgIpc) is 2.91. The number of pyridine rings is 1. The maximum absolute atomic E-state index is 13.2. The number of rotatable bonds is 9. The van der Waals surface area contributed by atoms with E-state index in [9.17, 15) is 18.0 Å². The van der Waals surface area contributed by atoms with Crippen molar-refractivity contribution in [2.45, 2.75) is 51.0 Å². The summed E-state index contributed by atoms with van der Waals surface area (Å²) in [6.45, 7) is 4.78. The van der Waals surface area contributed by atoms with Gasteiger partial charge in [-0.05, 0) is 68.1 Å².